The molecule has 1 heterocycles. The molecule has 1 amide bonds. The summed E-state index contributed by atoms with van der Waals surface area (Å²) >= 11 is 0. The highest BCUT2D eigenvalue weighted by Crippen LogP contribution is 2.23. The molecule has 11 heteroatoms. The van der Waals surface area contributed by atoms with Crippen LogP contribution in [0.4, 0.5) is 5.69 Å². The molecule has 0 atom stereocenters. The van der Waals surface area contributed by atoms with Gasteiger partial charge in [-0.05, 0) is 31.5 Å². The van der Waals surface area contributed by atoms with E-state index in [1.165, 1.54) is 16.4 Å². The highest BCUT2D eigenvalue weighted by molar-refractivity contribution is 7.89. The van der Waals surface area contributed by atoms with Gasteiger partial charge in [0, 0.05) is 31.5 Å². The minimum Gasteiger partial charge on any atom is -0.324 e. The number of amides is 1. The van der Waals surface area contributed by atoms with Crippen LogP contribution in [0, 0.1) is 18.3 Å². The predicted molar refractivity (Wildman–Crippen MR) is 115 cm³/mol. The summed E-state index contributed by atoms with van der Waals surface area (Å²) in [5.74, 6) is -0.702. The fraction of sp³-hybridized carbons (Fsp3) is 0.400. The van der Waals surface area contributed by atoms with Crippen LogP contribution in [0.15, 0.2) is 38.9 Å². The average molecular weight is 448 g/mol. The van der Waals surface area contributed by atoms with Gasteiger partial charge in [-0.2, -0.15) is 9.57 Å². The van der Waals surface area contributed by atoms with Gasteiger partial charge < -0.3 is 5.32 Å². The summed E-state index contributed by atoms with van der Waals surface area (Å²) in [4.78, 5) is 37.3. The predicted octanol–water partition coefficient (Wildman–Crippen LogP) is 0.879. The first-order valence-electron chi connectivity index (χ1n) is 9.75. The van der Waals surface area contributed by atoms with E-state index in [-0.39, 0.29) is 22.7 Å². The molecule has 0 aliphatic heterocycles. The van der Waals surface area contributed by atoms with Crippen molar-refractivity contribution in [2.45, 2.75) is 45.7 Å². The number of benzene rings is 1. The maximum atomic E-state index is 12.9. The molecule has 0 unspecified atom stereocenters. The maximum Gasteiger partial charge on any atom is 0.331 e. The van der Waals surface area contributed by atoms with Gasteiger partial charge in [-0.15, -0.1) is 0 Å². The fourth-order valence-electron chi connectivity index (χ4n) is 3.10. The number of anilines is 1. The van der Waals surface area contributed by atoms with Gasteiger partial charge in [-0.1, -0.05) is 19.9 Å². The van der Waals surface area contributed by atoms with Crippen molar-refractivity contribution < 1.29 is 13.2 Å². The van der Waals surface area contributed by atoms with E-state index in [0.29, 0.717) is 23.2 Å². The molecule has 0 saturated heterocycles. The van der Waals surface area contributed by atoms with E-state index in [1.807, 2.05) is 0 Å². The van der Waals surface area contributed by atoms with Gasteiger partial charge in [-0.3, -0.25) is 14.2 Å². The molecule has 0 bridgehead atoms. The molecular formula is C20H25N5O5S. The van der Waals surface area contributed by atoms with Gasteiger partial charge in [0.1, 0.15) is 18.2 Å². The van der Waals surface area contributed by atoms with Crippen molar-refractivity contribution in [1.29, 1.82) is 5.26 Å². The number of nitriles is 1. The van der Waals surface area contributed by atoms with E-state index in [0.717, 1.165) is 10.8 Å². The highest BCUT2D eigenvalue weighted by Gasteiger charge is 2.24. The fourth-order valence-corrected chi connectivity index (χ4v) is 4.81. The molecule has 0 aliphatic rings. The second-order valence-corrected chi connectivity index (χ2v) is 8.64. The van der Waals surface area contributed by atoms with E-state index >= 15 is 0 Å². The number of aryl methyl sites for hydroxylation is 2. The molecule has 2 aromatic rings. The number of carbonyl (C=O) groups is 1. The quantitative estimate of drug-likeness (QED) is 0.638. The first kappa shape index (κ1) is 24.0. The number of hydrogen-bond acceptors (Lipinski definition) is 6. The summed E-state index contributed by atoms with van der Waals surface area (Å²) in [6.07, 6.45) is 1.16. The Morgan fingerprint density at radius 3 is 2.39 bits per heavy atom. The number of nitrogens with one attached hydrogen (secondary N) is 1. The molecule has 2 rings (SSSR count). The number of carbonyl (C=O) groups excluding carboxylic acids is 1. The Morgan fingerprint density at radius 1 is 1.19 bits per heavy atom. The first-order chi connectivity index (χ1) is 14.6. The molecule has 31 heavy (non-hydrogen) atoms. The van der Waals surface area contributed by atoms with Crippen LogP contribution in [-0.2, 0) is 27.9 Å². The Bertz CT molecular complexity index is 1250. The standard InChI is InChI=1S/C20H25N5O5S/c1-5-23-12-15(11-21)19(27)25(20(23)28)13-18(26)22-16-9-8-14(4)17(10-16)31(29,30)24(6-2)7-3/h8-10,12H,5-7,13H2,1-4H3,(H,22,26). The second kappa shape index (κ2) is 9.72. The molecule has 0 fully saturated rings. The van der Waals surface area contributed by atoms with Crippen molar-refractivity contribution in [2.75, 3.05) is 18.4 Å². The molecule has 0 spiro atoms. The third kappa shape index (κ3) is 4.92. The maximum absolute atomic E-state index is 12.9. The number of nitrogens with zero attached hydrogens (tertiary/aromatic N) is 4. The topological polar surface area (TPSA) is 134 Å². The number of hydrogen-bond donors (Lipinski definition) is 1. The van der Waals surface area contributed by atoms with Gasteiger partial charge in [0.05, 0.1) is 4.90 Å². The van der Waals surface area contributed by atoms with Crippen molar-refractivity contribution >= 4 is 21.6 Å². The summed E-state index contributed by atoms with van der Waals surface area (Å²) in [6, 6.07) is 6.17. The van der Waals surface area contributed by atoms with Gasteiger partial charge >= 0.3 is 5.69 Å². The average Bonchev–Trinajstić information content (AvgIpc) is 2.73. The largest absolute Gasteiger partial charge is 0.331 e. The lowest BCUT2D eigenvalue weighted by molar-refractivity contribution is -0.116. The molecule has 0 aliphatic carbocycles. The Hall–Kier alpha value is -3.23. The molecule has 0 radical (unpaired) electrons. The van der Waals surface area contributed by atoms with Gasteiger partial charge in [-0.25, -0.2) is 17.8 Å². The minimum absolute atomic E-state index is 0.0611. The van der Waals surface area contributed by atoms with Crippen LogP contribution in [0.25, 0.3) is 0 Å². The van der Waals surface area contributed by atoms with Crippen LogP contribution < -0.4 is 16.6 Å². The SMILES string of the molecule is CCN(CC)S(=O)(=O)c1cc(NC(=O)Cn2c(=O)c(C#N)cn(CC)c2=O)ccc1C. The summed E-state index contributed by atoms with van der Waals surface area (Å²) in [7, 11) is -3.74. The van der Waals surface area contributed by atoms with Crippen molar-refractivity contribution in [1.82, 2.24) is 13.4 Å². The number of rotatable bonds is 8. The summed E-state index contributed by atoms with van der Waals surface area (Å²) < 4.78 is 28.9. The summed E-state index contributed by atoms with van der Waals surface area (Å²) in [5, 5.41) is 11.6. The first-order valence-corrected chi connectivity index (χ1v) is 11.2. The third-order valence-corrected chi connectivity index (χ3v) is 6.99. The summed E-state index contributed by atoms with van der Waals surface area (Å²) in [5.41, 5.74) is -1.09. The van der Waals surface area contributed by atoms with Crippen LogP contribution >= 0.6 is 0 Å². The monoisotopic (exact) mass is 447 g/mol. The zero-order valence-corrected chi connectivity index (χ0v) is 18.7. The van der Waals surface area contributed by atoms with Crippen molar-refractivity contribution in [3.63, 3.8) is 0 Å². The lowest BCUT2D eigenvalue weighted by Gasteiger charge is -2.20. The van der Waals surface area contributed by atoms with Crippen LogP contribution in [0.5, 0.6) is 0 Å². The molecule has 1 aromatic heterocycles. The Kier molecular flexibility index (Phi) is 7.54. The van der Waals surface area contributed by atoms with Crippen molar-refractivity contribution in [3.8, 4) is 6.07 Å². The zero-order chi connectivity index (χ0) is 23.3. The van der Waals surface area contributed by atoms with Gasteiger partial charge in [0.15, 0.2) is 0 Å². The molecule has 10 nitrogen and oxygen atoms in total. The van der Waals surface area contributed by atoms with Crippen LogP contribution in [-0.4, -0.2) is 40.9 Å². The van der Waals surface area contributed by atoms with Crippen LogP contribution in [0.3, 0.4) is 0 Å². The van der Waals surface area contributed by atoms with Crippen LogP contribution in [0.2, 0.25) is 0 Å². The van der Waals surface area contributed by atoms with E-state index in [9.17, 15) is 22.8 Å². The number of sulfonamides is 1. The molecule has 0 saturated carbocycles. The van der Waals surface area contributed by atoms with Gasteiger partial charge in [0.2, 0.25) is 15.9 Å². The highest BCUT2D eigenvalue weighted by atomic mass is 32.2. The lowest BCUT2D eigenvalue weighted by atomic mass is 10.2. The second-order valence-electron chi connectivity index (χ2n) is 6.73. The van der Waals surface area contributed by atoms with Crippen LogP contribution in [0.1, 0.15) is 31.9 Å². The normalized spacial score (nSPS) is 11.4. The minimum atomic E-state index is -3.74. The molecule has 1 aromatic carbocycles. The molecule has 1 N–H and O–H groups in total. The van der Waals surface area contributed by atoms with E-state index in [1.54, 1.807) is 39.8 Å². The van der Waals surface area contributed by atoms with Crippen molar-refractivity contribution in [2.24, 2.45) is 0 Å². The van der Waals surface area contributed by atoms with E-state index in [2.05, 4.69) is 5.32 Å². The van der Waals surface area contributed by atoms with E-state index < -0.39 is 33.7 Å². The van der Waals surface area contributed by atoms with E-state index in [4.69, 9.17) is 5.26 Å². The molecule has 166 valence electrons. The Morgan fingerprint density at radius 2 is 1.84 bits per heavy atom. The van der Waals surface area contributed by atoms with Crippen molar-refractivity contribution in [3.05, 3.63) is 56.4 Å². The lowest BCUT2D eigenvalue weighted by Crippen LogP contribution is -2.43. The Labute approximate surface area is 180 Å². The Balaban J connectivity index is 2.38. The smallest absolute Gasteiger partial charge is 0.324 e. The summed E-state index contributed by atoms with van der Waals surface area (Å²) in [6.45, 7) is 7.01. The molecular weight excluding hydrogens is 422 g/mol. The zero-order valence-electron chi connectivity index (χ0n) is 17.9. The van der Waals surface area contributed by atoms with Gasteiger partial charge in [0.25, 0.3) is 5.56 Å². The number of aromatic nitrogens is 2. The third-order valence-electron chi connectivity index (χ3n) is 4.80.